The third-order valence-electron chi connectivity index (χ3n) is 3.88. The quantitative estimate of drug-likeness (QED) is 0.599. The minimum Gasteiger partial charge on any atom is -0.497 e. The molecular formula is C24H17BrO2. The van der Waals surface area contributed by atoms with Gasteiger partial charge in [0.2, 0.25) is 0 Å². The number of aliphatic hydroxyl groups is 1. The van der Waals surface area contributed by atoms with Gasteiger partial charge in [-0.15, -0.1) is 0 Å². The van der Waals surface area contributed by atoms with Crippen molar-refractivity contribution in [1.82, 2.24) is 0 Å². The number of aliphatic hydroxyl groups excluding tert-OH is 1. The van der Waals surface area contributed by atoms with Crippen molar-refractivity contribution in [3.05, 3.63) is 99.5 Å². The van der Waals surface area contributed by atoms with Crippen LogP contribution in [0.4, 0.5) is 0 Å². The molecule has 0 radical (unpaired) electrons. The highest BCUT2D eigenvalue weighted by Crippen LogP contribution is 2.18. The van der Waals surface area contributed by atoms with E-state index in [0.717, 1.165) is 26.9 Å². The molecule has 0 amide bonds. The third-order valence-corrected chi connectivity index (χ3v) is 4.41. The Morgan fingerprint density at radius 2 is 1.44 bits per heavy atom. The van der Waals surface area contributed by atoms with E-state index in [4.69, 9.17) is 4.74 Å². The molecular weight excluding hydrogens is 400 g/mol. The van der Waals surface area contributed by atoms with Crippen molar-refractivity contribution in [1.29, 1.82) is 0 Å². The van der Waals surface area contributed by atoms with E-state index in [9.17, 15) is 5.11 Å². The molecule has 0 aliphatic heterocycles. The molecule has 0 aliphatic rings. The fourth-order valence-electron chi connectivity index (χ4n) is 2.43. The topological polar surface area (TPSA) is 29.5 Å². The second kappa shape index (κ2) is 9.10. The first-order valence-corrected chi connectivity index (χ1v) is 9.15. The van der Waals surface area contributed by atoms with Crippen molar-refractivity contribution >= 4 is 15.9 Å². The van der Waals surface area contributed by atoms with Crippen LogP contribution >= 0.6 is 15.9 Å². The summed E-state index contributed by atoms with van der Waals surface area (Å²) in [6.07, 6.45) is -0.907. The summed E-state index contributed by atoms with van der Waals surface area (Å²) in [5.74, 6) is 12.9. The summed E-state index contributed by atoms with van der Waals surface area (Å²) in [7, 11) is 1.63. The molecule has 0 aromatic heterocycles. The summed E-state index contributed by atoms with van der Waals surface area (Å²) >= 11 is 3.40. The van der Waals surface area contributed by atoms with Gasteiger partial charge in [-0.2, -0.15) is 0 Å². The fourth-order valence-corrected chi connectivity index (χ4v) is 2.69. The highest BCUT2D eigenvalue weighted by Gasteiger charge is 2.07. The molecule has 1 N–H and O–H groups in total. The largest absolute Gasteiger partial charge is 0.497 e. The van der Waals surface area contributed by atoms with Gasteiger partial charge in [-0.3, -0.25) is 0 Å². The molecule has 132 valence electrons. The molecule has 3 rings (SSSR count). The van der Waals surface area contributed by atoms with Crippen LogP contribution in [0.1, 0.15) is 28.4 Å². The Morgan fingerprint density at radius 1 is 0.815 bits per heavy atom. The van der Waals surface area contributed by atoms with Gasteiger partial charge in [0, 0.05) is 26.7 Å². The summed E-state index contributed by atoms with van der Waals surface area (Å²) in [5.41, 5.74) is 3.18. The number of rotatable bonds is 2. The van der Waals surface area contributed by atoms with Crippen LogP contribution in [0.5, 0.6) is 5.75 Å². The second-order valence-corrected chi connectivity index (χ2v) is 6.66. The van der Waals surface area contributed by atoms with E-state index in [-0.39, 0.29) is 0 Å². The number of methoxy groups -OCH3 is 1. The predicted molar refractivity (Wildman–Crippen MR) is 111 cm³/mol. The van der Waals surface area contributed by atoms with E-state index in [0.29, 0.717) is 5.56 Å². The standard InChI is InChI=1S/C24H17BrO2/c1-27-22-15-9-18(10-16-22)6-12-20-4-2-3-5-23(20)24(26)17-11-19-7-13-21(25)14-8-19/h2-5,7-10,13-16,24,26H,1H3. The maximum Gasteiger partial charge on any atom is 0.141 e. The van der Waals surface area contributed by atoms with E-state index in [2.05, 4.69) is 39.6 Å². The monoisotopic (exact) mass is 416 g/mol. The zero-order chi connectivity index (χ0) is 19.1. The van der Waals surface area contributed by atoms with Crippen molar-refractivity contribution < 1.29 is 9.84 Å². The minimum absolute atomic E-state index is 0.697. The van der Waals surface area contributed by atoms with E-state index < -0.39 is 6.10 Å². The first-order valence-electron chi connectivity index (χ1n) is 8.36. The lowest BCUT2D eigenvalue weighted by atomic mass is 10.0. The van der Waals surface area contributed by atoms with Gasteiger partial charge in [0.25, 0.3) is 0 Å². The molecule has 3 aromatic rings. The first-order chi connectivity index (χ1) is 13.2. The first kappa shape index (κ1) is 18.8. The summed E-state index contributed by atoms with van der Waals surface area (Å²) in [6, 6.07) is 22.7. The van der Waals surface area contributed by atoms with Crippen molar-refractivity contribution in [3.8, 4) is 29.4 Å². The highest BCUT2D eigenvalue weighted by molar-refractivity contribution is 9.10. The second-order valence-electron chi connectivity index (χ2n) is 5.74. The number of benzene rings is 3. The van der Waals surface area contributed by atoms with Crippen molar-refractivity contribution in [3.63, 3.8) is 0 Å². The van der Waals surface area contributed by atoms with Crippen LogP contribution in [0.25, 0.3) is 0 Å². The molecule has 0 heterocycles. The average molecular weight is 417 g/mol. The van der Waals surface area contributed by atoms with Gasteiger partial charge in [0.15, 0.2) is 0 Å². The van der Waals surface area contributed by atoms with Crippen LogP contribution in [-0.4, -0.2) is 12.2 Å². The Labute approximate surface area is 168 Å². The zero-order valence-corrected chi connectivity index (χ0v) is 16.3. The van der Waals surface area contributed by atoms with Crippen molar-refractivity contribution in [2.45, 2.75) is 6.10 Å². The molecule has 3 aromatic carbocycles. The molecule has 0 fully saturated rings. The normalized spacial score (nSPS) is 10.8. The molecule has 3 heteroatoms. The predicted octanol–water partition coefficient (Wildman–Crippen LogP) is 4.94. The van der Waals surface area contributed by atoms with Gasteiger partial charge >= 0.3 is 0 Å². The molecule has 0 saturated heterocycles. The van der Waals surface area contributed by atoms with E-state index >= 15 is 0 Å². The highest BCUT2D eigenvalue weighted by atomic mass is 79.9. The molecule has 27 heavy (non-hydrogen) atoms. The van der Waals surface area contributed by atoms with Gasteiger partial charge < -0.3 is 9.84 Å². The third kappa shape index (κ3) is 5.25. The minimum atomic E-state index is -0.907. The maximum absolute atomic E-state index is 10.5. The van der Waals surface area contributed by atoms with Crippen LogP contribution in [0, 0.1) is 23.7 Å². The summed E-state index contributed by atoms with van der Waals surface area (Å²) in [5, 5.41) is 10.5. The molecule has 0 aliphatic carbocycles. The van der Waals surface area contributed by atoms with Gasteiger partial charge in [-0.1, -0.05) is 57.8 Å². The van der Waals surface area contributed by atoms with Crippen LogP contribution in [0.2, 0.25) is 0 Å². The Kier molecular flexibility index (Phi) is 6.34. The van der Waals surface area contributed by atoms with Crippen LogP contribution in [0.15, 0.2) is 77.3 Å². The lowest BCUT2D eigenvalue weighted by Crippen LogP contribution is -1.97. The van der Waals surface area contributed by atoms with Crippen LogP contribution in [0.3, 0.4) is 0 Å². The molecule has 0 bridgehead atoms. The molecule has 1 unspecified atom stereocenters. The summed E-state index contributed by atoms with van der Waals surface area (Å²) in [6.45, 7) is 0. The van der Waals surface area contributed by atoms with Gasteiger partial charge in [0.1, 0.15) is 11.9 Å². The smallest absolute Gasteiger partial charge is 0.141 e. The van der Waals surface area contributed by atoms with Crippen LogP contribution in [-0.2, 0) is 0 Å². The molecule has 1 atom stereocenters. The summed E-state index contributed by atoms with van der Waals surface area (Å²) < 4.78 is 6.15. The van der Waals surface area contributed by atoms with E-state index in [1.165, 1.54) is 0 Å². The molecule has 0 spiro atoms. The van der Waals surface area contributed by atoms with Gasteiger partial charge in [0.05, 0.1) is 7.11 Å². The Morgan fingerprint density at radius 3 is 2.15 bits per heavy atom. The van der Waals surface area contributed by atoms with Crippen LogP contribution < -0.4 is 4.74 Å². The number of hydrogen-bond donors (Lipinski definition) is 1. The summed E-state index contributed by atoms with van der Waals surface area (Å²) in [4.78, 5) is 0. The van der Waals surface area contributed by atoms with Gasteiger partial charge in [-0.25, -0.2) is 0 Å². The molecule has 0 saturated carbocycles. The lowest BCUT2D eigenvalue weighted by molar-refractivity contribution is 0.238. The Bertz CT molecular complexity index is 1030. The maximum atomic E-state index is 10.5. The van der Waals surface area contributed by atoms with Crippen molar-refractivity contribution in [2.24, 2.45) is 0 Å². The van der Waals surface area contributed by atoms with E-state index in [1.807, 2.05) is 72.8 Å². The number of hydrogen-bond acceptors (Lipinski definition) is 2. The zero-order valence-electron chi connectivity index (χ0n) is 14.7. The average Bonchev–Trinajstić information content (AvgIpc) is 2.72. The number of halogens is 1. The Hall–Kier alpha value is -2.98. The van der Waals surface area contributed by atoms with Crippen molar-refractivity contribution in [2.75, 3.05) is 7.11 Å². The Balaban J connectivity index is 1.83. The lowest BCUT2D eigenvalue weighted by Gasteiger charge is -2.06. The fraction of sp³-hybridized carbons (Fsp3) is 0.0833. The SMILES string of the molecule is COc1ccc(C#Cc2ccccc2C(O)C#Cc2ccc(Br)cc2)cc1. The van der Waals surface area contributed by atoms with E-state index in [1.54, 1.807) is 7.11 Å². The molecule has 2 nitrogen and oxygen atoms in total. The number of ether oxygens (including phenoxy) is 1. The van der Waals surface area contributed by atoms with Gasteiger partial charge in [-0.05, 0) is 54.6 Å².